The summed E-state index contributed by atoms with van der Waals surface area (Å²) in [6.07, 6.45) is 3.47. The summed E-state index contributed by atoms with van der Waals surface area (Å²) in [5.41, 5.74) is 3.19. The van der Waals surface area contributed by atoms with Gasteiger partial charge in [-0.1, -0.05) is 0 Å². The van der Waals surface area contributed by atoms with Crippen LogP contribution in [0.4, 0.5) is 0 Å². The Labute approximate surface area is 118 Å². The molecule has 0 unspecified atom stereocenters. The molecule has 1 aromatic heterocycles. The van der Waals surface area contributed by atoms with Crippen LogP contribution >= 0.6 is 0 Å². The number of aromatic carboxylic acids is 1. The van der Waals surface area contributed by atoms with Crippen molar-refractivity contribution < 1.29 is 15.0 Å². The van der Waals surface area contributed by atoms with Crippen LogP contribution in [0.1, 0.15) is 47.8 Å². The van der Waals surface area contributed by atoms with E-state index in [1.807, 2.05) is 37.6 Å². The van der Waals surface area contributed by atoms with Gasteiger partial charge in [-0.2, -0.15) is 0 Å². The number of nitrogens with zero attached hydrogens (tertiary/aromatic N) is 1. The summed E-state index contributed by atoms with van der Waals surface area (Å²) >= 11 is 0. The van der Waals surface area contributed by atoms with Gasteiger partial charge in [-0.05, 0) is 56.9 Å². The van der Waals surface area contributed by atoms with Crippen molar-refractivity contribution in [3.05, 3.63) is 35.0 Å². The molecule has 0 aliphatic heterocycles. The average molecular weight is 275 g/mol. The van der Waals surface area contributed by atoms with E-state index in [9.17, 15) is 9.90 Å². The van der Waals surface area contributed by atoms with Crippen LogP contribution in [0.3, 0.4) is 0 Å². The molecule has 0 aliphatic carbocycles. The summed E-state index contributed by atoms with van der Waals surface area (Å²) in [5, 5.41) is 19.4. The molecule has 0 aliphatic rings. The Hall–Kier alpha value is -1.81. The molecule has 0 amide bonds. The second kappa shape index (κ2) is 5.67. The number of carboxylic acids is 1. The minimum Gasteiger partial charge on any atom is -0.478 e. The van der Waals surface area contributed by atoms with E-state index in [2.05, 4.69) is 0 Å². The van der Waals surface area contributed by atoms with Crippen molar-refractivity contribution in [2.45, 2.75) is 39.7 Å². The first-order valence-corrected chi connectivity index (χ1v) is 6.94. The number of carbonyl (C=O) groups is 1. The molecule has 108 valence electrons. The first-order valence-electron chi connectivity index (χ1n) is 6.94. The highest BCUT2D eigenvalue weighted by Gasteiger charge is 2.18. The first-order chi connectivity index (χ1) is 9.45. The fraction of sp³-hybridized carbons (Fsp3) is 0.438. The van der Waals surface area contributed by atoms with Crippen molar-refractivity contribution in [2.24, 2.45) is 0 Å². The van der Waals surface area contributed by atoms with Gasteiger partial charge >= 0.3 is 5.97 Å². The third kappa shape index (κ3) is 2.56. The third-order valence-electron chi connectivity index (χ3n) is 3.54. The van der Waals surface area contributed by atoms with Crippen molar-refractivity contribution in [2.75, 3.05) is 6.61 Å². The SMILES string of the molecule is Cc1cc(C(=O)O)c2c(c1)c(CCCO)cn2C(C)C. The minimum atomic E-state index is -0.896. The van der Waals surface area contributed by atoms with Crippen LogP contribution in [-0.4, -0.2) is 27.4 Å². The molecule has 4 heteroatoms. The first kappa shape index (κ1) is 14.6. The highest BCUT2D eigenvalue weighted by atomic mass is 16.4. The van der Waals surface area contributed by atoms with Crippen LogP contribution in [0.15, 0.2) is 18.3 Å². The number of fused-ring (bicyclic) bond motifs is 1. The molecule has 0 saturated carbocycles. The van der Waals surface area contributed by atoms with Crippen LogP contribution in [0, 0.1) is 6.92 Å². The molecule has 4 nitrogen and oxygen atoms in total. The number of hydrogen-bond donors (Lipinski definition) is 2. The lowest BCUT2D eigenvalue weighted by atomic mass is 10.0. The number of hydrogen-bond acceptors (Lipinski definition) is 2. The van der Waals surface area contributed by atoms with Crippen LogP contribution in [0.2, 0.25) is 0 Å². The molecule has 20 heavy (non-hydrogen) atoms. The van der Waals surface area contributed by atoms with Gasteiger partial charge in [-0.3, -0.25) is 0 Å². The van der Waals surface area contributed by atoms with Crippen molar-refractivity contribution in [3.63, 3.8) is 0 Å². The van der Waals surface area contributed by atoms with Crippen LogP contribution < -0.4 is 0 Å². The number of aliphatic hydroxyl groups is 1. The molecular weight excluding hydrogens is 254 g/mol. The number of rotatable bonds is 5. The third-order valence-corrected chi connectivity index (χ3v) is 3.54. The molecular formula is C16H21NO3. The van der Waals surface area contributed by atoms with Crippen LogP contribution in [0.25, 0.3) is 10.9 Å². The molecule has 0 bridgehead atoms. The Morgan fingerprint density at radius 2 is 2.05 bits per heavy atom. The molecule has 1 heterocycles. The lowest BCUT2D eigenvalue weighted by Gasteiger charge is -2.11. The van der Waals surface area contributed by atoms with Gasteiger partial charge in [-0.25, -0.2) is 4.79 Å². The topological polar surface area (TPSA) is 62.5 Å². The maximum absolute atomic E-state index is 11.5. The molecule has 2 rings (SSSR count). The van der Waals surface area contributed by atoms with E-state index >= 15 is 0 Å². The summed E-state index contributed by atoms with van der Waals surface area (Å²) in [7, 11) is 0. The highest BCUT2D eigenvalue weighted by molar-refractivity contribution is 6.04. The fourth-order valence-electron chi connectivity index (χ4n) is 2.64. The zero-order valence-electron chi connectivity index (χ0n) is 12.2. The van der Waals surface area contributed by atoms with E-state index in [0.29, 0.717) is 12.0 Å². The maximum atomic E-state index is 11.5. The number of aliphatic hydroxyl groups excluding tert-OH is 1. The second-order valence-electron chi connectivity index (χ2n) is 5.50. The summed E-state index contributed by atoms with van der Waals surface area (Å²) in [4.78, 5) is 11.5. The van der Waals surface area contributed by atoms with E-state index in [1.165, 1.54) is 0 Å². The smallest absolute Gasteiger partial charge is 0.337 e. The molecule has 2 aromatic rings. The van der Waals surface area contributed by atoms with Gasteiger partial charge in [-0.15, -0.1) is 0 Å². The summed E-state index contributed by atoms with van der Waals surface area (Å²) in [6.45, 7) is 6.14. The Balaban J connectivity index is 2.75. The second-order valence-corrected chi connectivity index (χ2v) is 5.50. The monoisotopic (exact) mass is 275 g/mol. The van der Waals surface area contributed by atoms with E-state index in [1.54, 1.807) is 6.07 Å². The van der Waals surface area contributed by atoms with Crippen molar-refractivity contribution >= 4 is 16.9 Å². The van der Waals surface area contributed by atoms with E-state index < -0.39 is 5.97 Å². The van der Waals surface area contributed by atoms with E-state index in [0.717, 1.165) is 28.5 Å². The zero-order chi connectivity index (χ0) is 14.9. The molecule has 0 radical (unpaired) electrons. The Morgan fingerprint density at radius 3 is 2.60 bits per heavy atom. The molecule has 0 saturated heterocycles. The molecule has 0 atom stereocenters. The predicted octanol–water partition coefficient (Wildman–Crippen LogP) is 3.15. The normalized spacial score (nSPS) is 11.4. The summed E-state index contributed by atoms with van der Waals surface area (Å²) in [6, 6.07) is 3.95. The summed E-state index contributed by atoms with van der Waals surface area (Å²) in [5.74, 6) is -0.896. The largest absolute Gasteiger partial charge is 0.478 e. The van der Waals surface area contributed by atoms with Crippen molar-refractivity contribution in [1.29, 1.82) is 0 Å². The van der Waals surface area contributed by atoms with Crippen LogP contribution in [-0.2, 0) is 6.42 Å². The van der Waals surface area contributed by atoms with Crippen molar-refractivity contribution in [1.82, 2.24) is 4.57 Å². The average Bonchev–Trinajstić information content (AvgIpc) is 2.74. The number of aryl methyl sites for hydroxylation is 2. The van der Waals surface area contributed by atoms with Gasteiger partial charge in [0.05, 0.1) is 11.1 Å². The molecule has 2 N–H and O–H groups in total. The number of carboxylic acid groups (broad SMARTS) is 1. The van der Waals surface area contributed by atoms with Gasteiger partial charge in [0.1, 0.15) is 0 Å². The molecule has 1 aromatic carbocycles. The molecule has 0 spiro atoms. The van der Waals surface area contributed by atoms with Crippen LogP contribution in [0.5, 0.6) is 0 Å². The number of benzene rings is 1. The molecule has 0 fully saturated rings. The minimum absolute atomic E-state index is 0.145. The van der Waals surface area contributed by atoms with E-state index in [4.69, 9.17) is 5.11 Å². The van der Waals surface area contributed by atoms with E-state index in [-0.39, 0.29) is 12.6 Å². The standard InChI is InChI=1S/C16H21NO3/c1-10(2)17-9-12(5-4-6-18)13-7-11(3)8-14(15(13)17)16(19)20/h7-10,18H,4-6H2,1-3H3,(H,19,20). The Morgan fingerprint density at radius 1 is 1.35 bits per heavy atom. The lowest BCUT2D eigenvalue weighted by Crippen LogP contribution is -2.05. The lowest BCUT2D eigenvalue weighted by molar-refractivity contribution is 0.0698. The zero-order valence-corrected chi connectivity index (χ0v) is 12.2. The predicted molar refractivity (Wildman–Crippen MR) is 79.4 cm³/mol. The van der Waals surface area contributed by atoms with Gasteiger partial charge in [0, 0.05) is 24.2 Å². The van der Waals surface area contributed by atoms with Gasteiger partial charge in [0.2, 0.25) is 0 Å². The Kier molecular flexibility index (Phi) is 4.14. The fourth-order valence-corrected chi connectivity index (χ4v) is 2.64. The maximum Gasteiger partial charge on any atom is 0.337 e. The van der Waals surface area contributed by atoms with Gasteiger partial charge in [0.25, 0.3) is 0 Å². The van der Waals surface area contributed by atoms with Gasteiger partial charge < -0.3 is 14.8 Å². The number of aromatic nitrogens is 1. The van der Waals surface area contributed by atoms with Gasteiger partial charge in [0.15, 0.2) is 0 Å². The quantitative estimate of drug-likeness (QED) is 0.881. The Bertz CT molecular complexity index is 641. The summed E-state index contributed by atoms with van der Waals surface area (Å²) < 4.78 is 2.02. The van der Waals surface area contributed by atoms with Crippen molar-refractivity contribution in [3.8, 4) is 0 Å². The highest BCUT2D eigenvalue weighted by Crippen LogP contribution is 2.30.